The smallest absolute Gasteiger partial charge is 0.191 e. The van der Waals surface area contributed by atoms with E-state index in [1.165, 1.54) is 18.9 Å². The summed E-state index contributed by atoms with van der Waals surface area (Å²) in [6, 6.07) is 7.31. The number of benzene rings is 1. The Morgan fingerprint density at radius 2 is 2.17 bits per heavy atom. The Balaban J connectivity index is 1.40. The van der Waals surface area contributed by atoms with Gasteiger partial charge < -0.3 is 15.4 Å². The van der Waals surface area contributed by atoms with E-state index < -0.39 is 0 Å². The van der Waals surface area contributed by atoms with E-state index in [0.29, 0.717) is 0 Å². The summed E-state index contributed by atoms with van der Waals surface area (Å²) >= 11 is 0. The van der Waals surface area contributed by atoms with Crippen molar-refractivity contribution in [3.63, 3.8) is 0 Å². The number of rotatable bonds is 9. The van der Waals surface area contributed by atoms with E-state index in [4.69, 9.17) is 4.74 Å². The van der Waals surface area contributed by atoms with Gasteiger partial charge >= 0.3 is 0 Å². The zero-order valence-electron chi connectivity index (χ0n) is 14.4. The van der Waals surface area contributed by atoms with Crippen molar-refractivity contribution in [1.29, 1.82) is 0 Å². The molecule has 2 aliphatic carbocycles. The fourth-order valence-electron chi connectivity index (χ4n) is 2.86. The van der Waals surface area contributed by atoms with Crippen LogP contribution in [0.25, 0.3) is 0 Å². The summed E-state index contributed by atoms with van der Waals surface area (Å²) in [5.41, 5.74) is 0.805. The summed E-state index contributed by atoms with van der Waals surface area (Å²) in [6.07, 6.45) is 4.55. The third kappa shape index (κ3) is 5.20. The van der Waals surface area contributed by atoms with E-state index in [1.807, 2.05) is 12.1 Å². The highest BCUT2D eigenvalue weighted by Gasteiger charge is 2.40. The van der Waals surface area contributed by atoms with Crippen LogP contribution >= 0.6 is 0 Å². The number of halogens is 1. The molecule has 24 heavy (non-hydrogen) atoms. The molecule has 0 bridgehead atoms. The summed E-state index contributed by atoms with van der Waals surface area (Å²) in [5, 5.41) is 6.68. The van der Waals surface area contributed by atoms with Gasteiger partial charge in [-0.3, -0.25) is 4.99 Å². The average Bonchev–Trinajstić information content (AvgIpc) is 3.48. The molecule has 1 aromatic carbocycles. The van der Waals surface area contributed by atoms with Crippen LogP contribution in [0.4, 0.5) is 4.39 Å². The van der Waals surface area contributed by atoms with Gasteiger partial charge in [-0.05, 0) is 50.2 Å². The number of aliphatic imine (C=N–C) groups is 1. The van der Waals surface area contributed by atoms with Crippen LogP contribution in [0, 0.1) is 11.7 Å². The highest BCUT2D eigenvalue weighted by atomic mass is 19.1. The Morgan fingerprint density at radius 3 is 2.92 bits per heavy atom. The van der Waals surface area contributed by atoms with Crippen LogP contribution < -0.4 is 10.6 Å². The lowest BCUT2D eigenvalue weighted by molar-refractivity contribution is 0.123. The largest absolute Gasteiger partial charge is 0.381 e. The van der Waals surface area contributed by atoms with Crippen LogP contribution in [-0.4, -0.2) is 38.3 Å². The zero-order chi connectivity index (χ0) is 16.8. The van der Waals surface area contributed by atoms with Crippen LogP contribution in [0.15, 0.2) is 29.3 Å². The minimum atomic E-state index is -0.110. The maximum absolute atomic E-state index is 13.8. The number of hydrogen-bond acceptors (Lipinski definition) is 2. The summed E-state index contributed by atoms with van der Waals surface area (Å²) in [4.78, 5) is 4.60. The lowest BCUT2D eigenvalue weighted by Crippen LogP contribution is -2.39. The minimum absolute atomic E-state index is 0.110. The van der Waals surface area contributed by atoms with Gasteiger partial charge in [0.25, 0.3) is 0 Å². The van der Waals surface area contributed by atoms with Crippen molar-refractivity contribution in [2.24, 2.45) is 10.9 Å². The summed E-state index contributed by atoms with van der Waals surface area (Å²) in [5.74, 6) is 1.78. The Bertz CT molecular complexity index is 559. The molecule has 2 unspecified atom stereocenters. The van der Waals surface area contributed by atoms with Crippen LogP contribution in [0.2, 0.25) is 0 Å². The SMILES string of the molecule is CCNC(=NCCCOCC1CC1)NC1CC1c1ccccc1F. The molecule has 2 aliphatic rings. The number of nitrogens with zero attached hydrogens (tertiary/aromatic N) is 1. The predicted molar refractivity (Wildman–Crippen MR) is 94.8 cm³/mol. The van der Waals surface area contributed by atoms with Gasteiger partial charge in [-0.2, -0.15) is 0 Å². The van der Waals surface area contributed by atoms with Gasteiger partial charge in [0, 0.05) is 38.3 Å². The molecule has 5 heteroatoms. The number of hydrogen-bond donors (Lipinski definition) is 2. The van der Waals surface area contributed by atoms with E-state index in [9.17, 15) is 4.39 Å². The molecule has 2 saturated carbocycles. The second-order valence-electron chi connectivity index (χ2n) is 6.75. The first kappa shape index (κ1) is 17.2. The molecule has 0 spiro atoms. The van der Waals surface area contributed by atoms with Crippen molar-refractivity contribution >= 4 is 5.96 Å². The van der Waals surface area contributed by atoms with Crippen molar-refractivity contribution in [1.82, 2.24) is 10.6 Å². The summed E-state index contributed by atoms with van der Waals surface area (Å²) in [7, 11) is 0. The molecule has 0 amide bonds. The molecule has 0 radical (unpaired) electrons. The lowest BCUT2D eigenvalue weighted by atomic mass is 10.1. The highest BCUT2D eigenvalue weighted by Crippen LogP contribution is 2.41. The van der Waals surface area contributed by atoms with Crippen molar-refractivity contribution in [3.05, 3.63) is 35.6 Å². The van der Waals surface area contributed by atoms with E-state index in [1.54, 1.807) is 6.07 Å². The molecular formula is C19H28FN3O. The van der Waals surface area contributed by atoms with Crippen LogP contribution in [-0.2, 0) is 4.74 Å². The molecule has 4 nitrogen and oxygen atoms in total. The fourth-order valence-corrected chi connectivity index (χ4v) is 2.86. The van der Waals surface area contributed by atoms with E-state index in [0.717, 1.165) is 56.6 Å². The van der Waals surface area contributed by atoms with Gasteiger partial charge in [0.2, 0.25) is 0 Å². The lowest BCUT2D eigenvalue weighted by Gasteiger charge is -2.11. The highest BCUT2D eigenvalue weighted by molar-refractivity contribution is 5.80. The molecule has 0 aliphatic heterocycles. The van der Waals surface area contributed by atoms with Gasteiger partial charge in [-0.15, -0.1) is 0 Å². The number of ether oxygens (including phenoxy) is 1. The van der Waals surface area contributed by atoms with Gasteiger partial charge in [-0.25, -0.2) is 4.39 Å². The van der Waals surface area contributed by atoms with Gasteiger partial charge in [-0.1, -0.05) is 18.2 Å². The minimum Gasteiger partial charge on any atom is -0.381 e. The van der Waals surface area contributed by atoms with Crippen molar-refractivity contribution in [2.45, 2.75) is 44.6 Å². The molecule has 132 valence electrons. The topological polar surface area (TPSA) is 45.7 Å². The van der Waals surface area contributed by atoms with E-state index in [2.05, 4.69) is 22.5 Å². The third-order valence-corrected chi connectivity index (χ3v) is 4.53. The first-order chi connectivity index (χ1) is 11.8. The van der Waals surface area contributed by atoms with Crippen LogP contribution in [0.3, 0.4) is 0 Å². The molecule has 2 N–H and O–H groups in total. The monoisotopic (exact) mass is 333 g/mol. The Morgan fingerprint density at radius 1 is 1.33 bits per heavy atom. The standard InChI is InChI=1S/C19H28FN3O/c1-2-21-19(22-10-5-11-24-13-14-8-9-14)23-18-12-16(18)15-6-3-4-7-17(15)20/h3-4,6-7,14,16,18H,2,5,8-13H2,1H3,(H2,21,22,23). The molecule has 0 heterocycles. The van der Waals surface area contributed by atoms with Gasteiger partial charge in [0.05, 0.1) is 0 Å². The van der Waals surface area contributed by atoms with Crippen LogP contribution in [0.5, 0.6) is 0 Å². The third-order valence-electron chi connectivity index (χ3n) is 4.53. The van der Waals surface area contributed by atoms with Gasteiger partial charge in [0.1, 0.15) is 5.82 Å². The van der Waals surface area contributed by atoms with E-state index >= 15 is 0 Å². The molecular weight excluding hydrogens is 305 g/mol. The number of guanidine groups is 1. The Labute approximate surface area is 143 Å². The Hall–Kier alpha value is -1.62. The molecule has 0 saturated heterocycles. The molecule has 0 aromatic heterocycles. The fraction of sp³-hybridized carbons (Fsp3) is 0.632. The van der Waals surface area contributed by atoms with Gasteiger partial charge in [0.15, 0.2) is 5.96 Å². The Kier molecular flexibility index (Phi) is 6.07. The maximum Gasteiger partial charge on any atom is 0.191 e. The summed E-state index contributed by atoms with van der Waals surface area (Å²) < 4.78 is 19.5. The average molecular weight is 333 g/mol. The molecule has 2 fully saturated rings. The second kappa shape index (κ2) is 8.47. The molecule has 3 rings (SSSR count). The van der Waals surface area contributed by atoms with Crippen molar-refractivity contribution in [2.75, 3.05) is 26.3 Å². The molecule has 2 atom stereocenters. The predicted octanol–water partition coefficient (Wildman–Crippen LogP) is 3.05. The van der Waals surface area contributed by atoms with Crippen molar-refractivity contribution < 1.29 is 9.13 Å². The van der Waals surface area contributed by atoms with E-state index in [-0.39, 0.29) is 17.8 Å². The maximum atomic E-state index is 13.8. The summed E-state index contributed by atoms with van der Waals surface area (Å²) in [6.45, 7) is 5.31. The molecule has 1 aromatic rings. The first-order valence-electron chi connectivity index (χ1n) is 9.15. The second-order valence-corrected chi connectivity index (χ2v) is 6.75. The zero-order valence-corrected chi connectivity index (χ0v) is 14.4. The van der Waals surface area contributed by atoms with Crippen molar-refractivity contribution in [3.8, 4) is 0 Å². The number of nitrogens with one attached hydrogen (secondary N) is 2. The van der Waals surface area contributed by atoms with Crippen LogP contribution in [0.1, 0.15) is 44.1 Å². The quantitative estimate of drug-likeness (QED) is 0.415. The first-order valence-corrected chi connectivity index (χ1v) is 9.15. The normalized spacial score (nSPS) is 23.2.